The van der Waals surface area contributed by atoms with E-state index in [9.17, 15) is 4.79 Å². The first kappa shape index (κ1) is 9.86. The van der Waals surface area contributed by atoms with E-state index in [1.807, 2.05) is 6.26 Å². The van der Waals surface area contributed by atoms with Gasteiger partial charge in [-0.1, -0.05) is 0 Å². The van der Waals surface area contributed by atoms with Crippen molar-refractivity contribution in [3.05, 3.63) is 0 Å². The lowest BCUT2D eigenvalue weighted by molar-refractivity contribution is -0.125. The van der Waals surface area contributed by atoms with Gasteiger partial charge in [0.25, 0.3) is 0 Å². The maximum atomic E-state index is 11.4. The molecule has 1 aliphatic rings. The van der Waals surface area contributed by atoms with Gasteiger partial charge in [0.05, 0.1) is 5.41 Å². The van der Waals surface area contributed by atoms with Crippen molar-refractivity contribution >= 4 is 17.7 Å². The summed E-state index contributed by atoms with van der Waals surface area (Å²) < 4.78 is 0. The number of carbonyl (C=O) groups is 1. The molecule has 0 atom stereocenters. The van der Waals surface area contributed by atoms with Gasteiger partial charge < -0.3 is 11.1 Å². The number of carbonyl (C=O) groups excluding carboxylic acids is 1. The third-order valence-corrected chi connectivity index (χ3v) is 2.93. The Kier molecular flexibility index (Phi) is 3.40. The summed E-state index contributed by atoms with van der Waals surface area (Å²) in [7, 11) is 0. The second-order valence-corrected chi connectivity index (χ2v) is 4.22. The van der Waals surface area contributed by atoms with Gasteiger partial charge in [-0.15, -0.1) is 0 Å². The van der Waals surface area contributed by atoms with Crippen LogP contribution < -0.4 is 11.1 Å². The predicted molar refractivity (Wildman–Crippen MR) is 52.1 cm³/mol. The molecule has 3 nitrogen and oxygen atoms in total. The molecule has 0 aromatic rings. The van der Waals surface area contributed by atoms with Gasteiger partial charge in [-0.25, -0.2) is 0 Å². The van der Waals surface area contributed by atoms with Gasteiger partial charge in [-0.2, -0.15) is 11.8 Å². The van der Waals surface area contributed by atoms with E-state index >= 15 is 0 Å². The highest BCUT2D eigenvalue weighted by Gasteiger charge is 2.48. The number of rotatable bonds is 5. The summed E-state index contributed by atoms with van der Waals surface area (Å²) >= 11 is 1.74. The second-order valence-electron chi connectivity index (χ2n) is 3.23. The fraction of sp³-hybridized carbons (Fsp3) is 0.875. The van der Waals surface area contributed by atoms with E-state index in [1.165, 1.54) is 0 Å². The van der Waals surface area contributed by atoms with Crippen LogP contribution in [0.25, 0.3) is 0 Å². The molecule has 1 aliphatic carbocycles. The minimum atomic E-state index is -0.182. The van der Waals surface area contributed by atoms with Crippen LogP contribution in [0.1, 0.15) is 12.8 Å². The van der Waals surface area contributed by atoms with Gasteiger partial charge in [0, 0.05) is 18.8 Å². The summed E-state index contributed by atoms with van der Waals surface area (Å²) in [6, 6.07) is 0. The standard InChI is InChI=1S/C8H16N2OS/c1-12-5-4-10-7(11)8(6-9)2-3-8/h2-6,9H2,1H3,(H,10,11). The first-order chi connectivity index (χ1) is 5.75. The number of nitrogens with two attached hydrogens (primary N) is 1. The third-order valence-electron chi connectivity index (χ3n) is 2.32. The number of amides is 1. The molecule has 1 rings (SSSR count). The Morgan fingerprint density at radius 2 is 2.33 bits per heavy atom. The van der Waals surface area contributed by atoms with E-state index in [4.69, 9.17) is 5.73 Å². The maximum Gasteiger partial charge on any atom is 0.227 e. The molecule has 1 fully saturated rings. The van der Waals surface area contributed by atoms with Crippen LogP contribution in [0.5, 0.6) is 0 Å². The van der Waals surface area contributed by atoms with Gasteiger partial charge in [0.1, 0.15) is 0 Å². The molecule has 12 heavy (non-hydrogen) atoms. The van der Waals surface area contributed by atoms with Crippen molar-refractivity contribution in [1.29, 1.82) is 0 Å². The first-order valence-corrected chi connectivity index (χ1v) is 5.62. The van der Waals surface area contributed by atoms with Crippen molar-refractivity contribution in [3.8, 4) is 0 Å². The van der Waals surface area contributed by atoms with Crippen molar-refractivity contribution in [2.24, 2.45) is 11.1 Å². The lowest BCUT2D eigenvalue weighted by atomic mass is 10.1. The molecule has 3 N–H and O–H groups in total. The van der Waals surface area contributed by atoms with Crippen molar-refractivity contribution in [2.45, 2.75) is 12.8 Å². The Morgan fingerprint density at radius 3 is 2.75 bits per heavy atom. The highest BCUT2D eigenvalue weighted by atomic mass is 32.2. The zero-order valence-corrected chi connectivity index (χ0v) is 8.25. The van der Waals surface area contributed by atoms with Gasteiger partial charge in [-0.05, 0) is 19.1 Å². The number of thioether (sulfide) groups is 1. The predicted octanol–water partition coefficient (Wildman–Crippen LogP) is 0.204. The molecule has 0 aromatic carbocycles. The van der Waals surface area contributed by atoms with Crippen LogP contribution in [0.15, 0.2) is 0 Å². The van der Waals surface area contributed by atoms with E-state index in [2.05, 4.69) is 5.32 Å². The molecule has 0 saturated heterocycles. The van der Waals surface area contributed by atoms with Crippen molar-refractivity contribution < 1.29 is 4.79 Å². The summed E-state index contributed by atoms with van der Waals surface area (Å²) in [4.78, 5) is 11.4. The van der Waals surface area contributed by atoms with Crippen LogP contribution in [0.3, 0.4) is 0 Å². The molecule has 1 saturated carbocycles. The van der Waals surface area contributed by atoms with Gasteiger partial charge in [0.15, 0.2) is 0 Å². The van der Waals surface area contributed by atoms with E-state index in [1.54, 1.807) is 11.8 Å². The molecule has 0 aliphatic heterocycles. The average Bonchev–Trinajstić information content (AvgIpc) is 2.85. The molecule has 0 heterocycles. The van der Waals surface area contributed by atoms with Crippen LogP contribution >= 0.6 is 11.8 Å². The lowest BCUT2D eigenvalue weighted by Crippen LogP contribution is -2.37. The van der Waals surface area contributed by atoms with Crippen LogP contribution in [0.2, 0.25) is 0 Å². The first-order valence-electron chi connectivity index (χ1n) is 4.22. The van der Waals surface area contributed by atoms with E-state index in [-0.39, 0.29) is 11.3 Å². The molecular weight excluding hydrogens is 172 g/mol. The Morgan fingerprint density at radius 1 is 1.67 bits per heavy atom. The van der Waals surface area contributed by atoms with Crippen LogP contribution in [-0.2, 0) is 4.79 Å². The molecule has 0 radical (unpaired) electrons. The number of hydrogen-bond donors (Lipinski definition) is 2. The topological polar surface area (TPSA) is 55.1 Å². The summed E-state index contributed by atoms with van der Waals surface area (Å²) in [6.45, 7) is 1.26. The molecule has 0 aromatic heterocycles. The second kappa shape index (κ2) is 4.14. The minimum Gasteiger partial charge on any atom is -0.355 e. The van der Waals surface area contributed by atoms with E-state index < -0.39 is 0 Å². The molecule has 0 unspecified atom stereocenters. The number of hydrogen-bond acceptors (Lipinski definition) is 3. The number of nitrogens with one attached hydrogen (secondary N) is 1. The normalized spacial score (nSPS) is 18.8. The maximum absolute atomic E-state index is 11.4. The quantitative estimate of drug-likeness (QED) is 0.606. The van der Waals surface area contributed by atoms with Crippen LogP contribution in [0.4, 0.5) is 0 Å². The van der Waals surface area contributed by atoms with Crippen molar-refractivity contribution in [1.82, 2.24) is 5.32 Å². The Labute approximate surface area is 77.5 Å². The molecule has 0 bridgehead atoms. The minimum absolute atomic E-state index is 0.152. The van der Waals surface area contributed by atoms with E-state index in [0.717, 1.165) is 25.1 Å². The lowest BCUT2D eigenvalue weighted by Gasteiger charge is -2.11. The zero-order valence-electron chi connectivity index (χ0n) is 7.43. The monoisotopic (exact) mass is 188 g/mol. The fourth-order valence-electron chi connectivity index (χ4n) is 1.13. The van der Waals surface area contributed by atoms with Crippen LogP contribution in [-0.4, -0.2) is 31.0 Å². The molecular formula is C8H16N2OS. The average molecular weight is 188 g/mol. The Hall–Kier alpha value is -0.220. The highest BCUT2D eigenvalue weighted by Crippen LogP contribution is 2.44. The van der Waals surface area contributed by atoms with Gasteiger partial charge in [0.2, 0.25) is 5.91 Å². The highest BCUT2D eigenvalue weighted by molar-refractivity contribution is 7.98. The molecule has 1 amide bonds. The molecule has 70 valence electrons. The van der Waals surface area contributed by atoms with Crippen molar-refractivity contribution in [3.63, 3.8) is 0 Å². The molecule has 0 spiro atoms. The summed E-state index contributed by atoms with van der Waals surface area (Å²) in [5, 5.41) is 2.90. The third kappa shape index (κ3) is 2.14. The summed E-state index contributed by atoms with van der Waals surface area (Å²) in [6.07, 6.45) is 3.96. The fourth-order valence-corrected chi connectivity index (χ4v) is 1.44. The van der Waals surface area contributed by atoms with Crippen molar-refractivity contribution in [2.75, 3.05) is 25.1 Å². The SMILES string of the molecule is CSCCNC(=O)C1(CN)CC1. The zero-order chi connectivity index (χ0) is 9.03. The molecule has 4 heteroatoms. The van der Waals surface area contributed by atoms with Gasteiger partial charge in [-0.3, -0.25) is 4.79 Å². The van der Waals surface area contributed by atoms with E-state index in [0.29, 0.717) is 6.54 Å². The smallest absolute Gasteiger partial charge is 0.227 e. The Balaban J connectivity index is 2.20. The van der Waals surface area contributed by atoms with Crippen LogP contribution in [0, 0.1) is 5.41 Å². The summed E-state index contributed by atoms with van der Waals surface area (Å²) in [5.41, 5.74) is 5.33. The van der Waals surface area contributed by atoms with Gasteiger partial charge >= 0.3 is 0 Å². The Bertz CT molecular complexity index is 168. The summed E-state index contributed by atoms with van der Waals surface area (Å²) in [5.74, 6) is 1.13. The largest absolute Gasteiger partial charge is 0.355 e.